The van der Waals surface area contributed by atoms with Gasteiger partial charge >= 0.3 is 0 Å². The van der Waals surface area contributed by atoms with Crippen LogP contribution < -0.4 is 10.1 Å². The number of nitrogens with one attached hydrogen (secondary N) is 1. The third kappa shape index (κ3) is 4.87. The highest BCUT2D eigenvalue weighted by Gasteiger charge is 2.13. The minimum atomic E-state index is 0.567. The zero-order chi connectivity index (χ0) is 20.1. The summed E-state index contributed by atoms with van der Waals surface area (Å²) in [5.41, 5.74) is 0.797. The topological polar surface area (TPSA) is 85.7 Å². The molecule has 0 aliphatic carbocycles. The van der Waals surface area contributed by atoms with E-state index in [2.05, 4.69) is 29.6 Å². The number of hydrogen-bond acceptors (Lipinski definition) is 9. The Morgan fingerprint density at radius 2 is 1.97 bits per heavy atom. The van der Waals surface area contributed by atoms with Crippen molar-refractivity contribution in [3.05, 3.63) is 66.5 Å². The summed E-state index contributed by atoms with van der Waals surface area (Å²) in [5.74, 6) is 2.61. The second-order valence-electron chi connectivity index (χ2n) is 5.97. The fourth-order valence-electron chi connectivity index (χ4n) is 2.43. The number of pyridine rings is 3. The summed E-state index contributed by atoms with van der Waals surface area (Å²) in [6.07, 6.45) is 6.07. The van der Waals surface area contributed by atoms with Crippen molar-refractivity contribution >= 4 is 34.2 Å². The molecular formula is C20H18N6OS2. The van der Waals surface area contributed by atoms with Crippen LogP contribution in [0.25, 0.3) is 0 Å². The van der Waals surface area contributed by atoms with Crippen molar-refractivity contribution in [3.8, 4) is 11.5 Å². The Morgan fingerprint density at radius 1 is 1.07 bits per heavy atom. The predicted octanol–water partition coefficient (Wildman–Crippen LogP) is 5.28. The van der Waals surface area contributed by atoms with Gasteiger partial charge in [-0.05, 0) is 31.2 Å². The van der Waals surface area contributed by atoms with E-state index in [0.29, 0.717) is 22.4 Å². The summed E-state index contributed by atoms with van der Waals surface area (Å²) in [5, 5.41) is 4.78. The van der Waals surface area contributed by atoms with Gasteiger partial charge in [-0.2, -0.15) is 4.37 Å². The molecule has 0 saturated heterocycles. The van der Waals surface area contributed by atoms with Crippen molar-refractivity contribution in [2.24, 2.45) is 0 Å². The Balaban J connectivity index is 1.66. The molecule has 0 unspecified atom stereocenters. The molecule has 4 aromatic heterocycles. The van der Waals surface area contributed by atoms with E-state index in [1.165, 1.54) is 23.3 Å². The van der Waals surface area contributed by atoms with Gasteiger partial charge in [0.25, 0.3) is 0 Å². The van der Waals surface area contributed by atoms with Gasteiger partial charge in [-0.25, -0.2) is 15.0 Å². The first-order valence-electron chi connectivity index (χ1n) is 8.99. The largest absolute Gasteiger partial charge is 0.452 e. The van der Waals surface area contributed by atoms with E-state index < -0.39 is 0 Å². The van der Waals surface area contributed by atoms with Gasteiger partial charge in [0.1, 0.15) is 16.6 Å². The Kier molecular flexibility index (Phi) is 5.97. The molecule has 4 heterocycles. The molecule has 0 aliphatic heterocycles. The summed E-state index contributed by atoms with van der Waals surface area (Å²) < 4.78 is 10.5. The third-order valence-corrected chi connectivity index (χ3v) is 5.45. The molecule has 0 saturated carbocycles. The Hall–Kier alpha value is -3.04. The summed E-state index contributed by atoms with van der Waals surface area (Å²) in [7, 11) is 0. The highest BCUT2D eigenvalue weighted by molar-refractivity contribution is 7.99. The SMILES string of the molecule is CCc1nsc(Nc2ncc(Sc3ccccn3)cc2Oc2cccnc2C)n1. The average Bonchev–Trinajstić information content (AvgIpc) is 3.20. The molecule has 0 aliphatic rings. The fourth-order valence-corrected chi connectivity index (χ4v) is 3.85. The van der Waals surface area contributed by atoms with Crippen LogP contribution in [-0.2, 0) is 6.42 Å². The summed E-state index contributed by atoms with van der Waals surface area (Å²) in [6.45, 7) is 3.92. The standard InChI is InChI=1S/C20H18N6OS2/c1-3-17-24-20(29-26-17)25-19-16(27-15-7-6-10-21-13(15)2)11-14(12-23-19)28-18-8-4-5-9-22-18/h4-12H,3H2,1-2H3,(H,23,24,25,26). The van der Waals surface area contributed by atoms with E-state index >= 15 is 0 Å². The maximum atomic E-state index is 6.16. The molecular weight excluding hydrogens is 404 g/mol. The number of nitrogens with zero attached hydrogens (tertiary/aromatic N) is 5. The van der Waals surface area contributed by atoms with E-state index in [-0.39, 0.29) is 0 Å². The molecule has 0 amide bonds. The zero-order valence-corrected chi connectivity index (χ0v) is 17.5. The van der Waals surface area contributed by atoms with Crippen LogP contribution in [0.15, 0.2) is 64.9 Å². The second kappa shape index (κ2) is 8.97. The lowest BCUT2D eigenvalue weighted by atomic mass is 10.3. The summed E-state index contributed by atoms with van der Waals surface area (Å²) in [4.78, 5) is 18.6. The van der Waals surface area contributed by atoms with E-state index in [1.54, 1.807) is 18.6 Å². The third-order valence-electron chi connectivity index (χ3n) is 3.88. The van der Waals surface area contributed by atoms with Crippen LogP contribution >= 0.6 is 23.3 Å². The molecule has 4 rings (SSSR count). The van der Waals surface area contributed by atoms with Gasteiger partial charge in [-0.1, -0.05) is 24.8 Å². The van der Waals surface area contributed by atoms with Crippen molar-refractivity contribution < 1.29 is 4.74 Å². The second-order valence-corrected chi connectivity index (χ2v) is 7.82. The molecule has 0 atom stereocenters. The minimum Gasteiger partial charge on any atom is -0.452 e. The number of hydrogen-bond donors (Lipinski definition) is 1. The molecule has 0 aromatic carbocycles. The van der Waals surface area contributed by atoms with Gasteiger partial charge in [-0.15, -0.1) is 0 Å². The van der Waals surface area contributed by atoms with Gasteiger partial charge in [0.05, 0.1) is 5.69 Å². The zero-order valence-electron chi connectivity index (χ0n) is 15.9. The lowest BCUT2D eigenvalue weighted by molar-refractivity contribution is 0.474. The number of aryl methyl sites for hydroxylation is 2. The minimum absolute atomic E-state index is 0.567. The molecule has 0 fully saturated rings. The first-order valence-corrected chi connectivity index (χ1v) is 10.6. The van der Waals surface area contributed by atoms with E-state index in [9.17, 15) is 0 Å². The number of anilines is 2. The van der Waals surface area contributed by atoms with Crippen molar-refractivity contribution in [1.82, 2.24) is 24.3 Å². The van der Waals surface area contributed by atoms with Crippen LogP contribution in [0.4, 0.5) is 10.9 Å². The lowest BCUT2D eigenvalue weighted by Gasteiger charge is -2.13. The summed E-state index contributed by atoms with van der Waals surface area (Å²) >= 11 is 2.82. The quantitative estimate of drug-likeness (QED) is 0.430. The van der Waals surface area contributed by atoms with Crippen molar-refractivity contribution in [3.63, 3.8) is 0 Å². The summed E-state index contributed by atoms with van der Waals surface area (Å²) in [6, 6.07) is 11.5. The maximum absolute atomic E-state index is 6.16. The van der Waals surface area contributed by atoms with Crippen LogP contribution in [0.3, 0.4) is 0 Å². The Labute approximate surface area is 176 Å². The number of rotatable bonds is 7. The van der Waals surface area contributed by atoms with Crippen LogP contribution in [0, 0.1) is 6.92 Å². The van der Waals surface area contributed by atoms with Crippen molar-refractivity contribution in [2.75, 3.05) is 5.32 Å². The lowest BCUT2D eigenvalue weighted by Crippen LogP contribution is -1.99. The molecule has 4 aromatic rings. The number of ether oxygens (including phenoxy) is 1. The normalized spacial score (nSPS) is 10.7. The molecule has 146 valence electrons. The van der Waals surface area contributed by atoms with Crippen LogP contribution in [0.1, 0.15) is 18.4 Å². The van der Waals surface area contributed by atoms with E-state index in [4.69, 9.17) is 4.74 Å². The first-order chi connectivity index (χ1) is 14.2. The number of aromatic nitrogens is 5. The van der Waals surface area contributed by atoms with Crippen LogP contribution in [0.2, 0.25) is 0 Å². The molecule has 7 nitrogen and oxygen atoms in total. The van der Waals surface area contributed by atoms with Gasteiger partial charge in [-0.3, -0.25) is 4.98 Å². The highest BCUT2D eigenvalue weighted by atomic mass is 32.2. The van der Waals surface area contributed by atoms with E-state index in [0.717, 1.165) is 27.9 Å². The monoisotopic (exact) mass is 422 g/mol. The Morgan fingerprint density at radius 3 is 2.72 bits per heavy atom. The fraction of sp³-hybridized carbons (Fsp3) is 0.150. The van der Waals surface area contributed by atoms with Gasteiger partial charge in [0, 0.05) is 47.5 Å². The van der Waals surface area contributed by atoms with Crippen molar-refractivity contribution in [2.45, 2.75) is 30.2 Å². The molecule has 0 spiro atoms. The van der Waals surface area contributed by atoms with Crippen LogP contribution in [-0.4, -0.2) is 24.3 Å². The van der Waals surface area contributed by atoms with E-state index in [1.807, 2.05) is 50.2 Å². The smallest absolute Gasteiger partial charge is 0.208 e. The molecule has 9 heteroatoms. The maximum Gasteiger partial charge on any atom is 0.208 e. The molecule has 29 heavy (non-hydrogen) atoms. The average molecular weight is 423 g/mol. The van der Waals surface area contributed by atoms with Crippen LogP contribution in [0.5, 0.6) is 11.5 Å². The Bertz CT molecular complexity index is 1100. The first kappa shape index (κ1) is 19.3. The predicted molar refractivity (Wildman–Crippen MR) is 114 cm³/mol. The van der Waals surface area contributed by atoms with Gasteiger partial charge in [0.2, 0.25) is 5.13 Å². The van der Waals surface area contributed by atoms with Crippen molar-refractivity contribution in [1.29, 1.82) is 0 Å². The molecule has 1 N–H and O–H groups in total. The molecule has 0 radical (unpaired) electrons. The highest BCUT2D eigenvalue weighted by Crippen LogP contribution is 2.36. The van der Waals surface area contributed by atoms with Gasteiger partial charge < -0.3 is 10.1 Å². The molecule has 0 bridgehead atoms. The van der Waals surface area contributed by atoms with Gasteiger partial charge in [0.15, 0.2) is 11.6 Å².